The molecule has 1 atom stereocenters. The van der Waals surface area contributed by atoms with Crippen LogP contribution < -0.4 is 5.32 Å². The molecule has 0 saturated heterocycles. The van der Waals surface area contributed by atoms with Gasteiger partial charge in [0, 0.05) is 0 Å². The van der Waals surface area contributed by atoms with Crippen LogP contribution in [-0.2, 0) is 35.2 Å². The van der Waals surface area contributed by atoms with Gasteiger partial charge in [-0.1, -0.05) is 51.1 Å². The van der Waals surface area contributed by atoms with Crippen molar-refractivity contribution in [3.63, 3.8) is 0 Å². The molecule has 10 heteroatoms. The molecule has 0 aliphatic carbocycles. The molecule has 0 aliphatic heterocycles. The summed E-state index contributed by atoms with van der Waals surface area (Å²) in [5.41, 5.74) is 0.493. The molecule has 0 spiro atoms. The Morgan fingerprint density at radius 3 is 2.38 bits per heavy atom. The summed E-state index contributed by atoms with van der Waals surface area (Å²) >= 11 is 3.81. The maximum Gasteiger partial charge on any atom is 0.407 e. The SMILES string of the molecule is CC(C)(C)COS(=O)(=O)CCC(COC(=O)CS)NC(=O)OCc1ccccc1. The van der Waals surface area contributed by atoms with E-state index in [0.29, 0.717) is 0 Å². The average molecular weight is 448 g/mol. The molecule has 164 valence electrons. The summed E-state index contributed by atoms with van der Waals surface area (Å²) in [4.78, 5) is 23.4. The number of rotatable bonds is 11. The second kappa shape index (κ2) is 12.0. The van der Waals surface area contributed by atoms with E-state index >= 15 is 0 Å². The van der Waals surface area contributed by atoms with Gasteiger partial charge < -0.3 is 14.8 Å². The van der Waals surface area contributed by atoms with Crippen LogP contribution in [0, 0.1) is 5.41 Å². The Kier molecular flexibility index (Phi) is 10.5. The number of esters is 1. The molecule has 1 N–H and O–H groups in total. The molecule has 0 aromatic heterocycles. The number of benzene rings is 1. The minimum Gasteiger partial charge on any atom is -0.463 e. The fourth-order valence-electron chi connectivity index (χ4n) is 1.98. The molecule has 1 rings (SSSR count). The van der Waals surface area contributed by atoms with Gasteiger partial charge in [-0.25, -0.2) is 4.79 Å². The van der Waals surface area contributed by atoms with Crippen LogP contribution >= 0.6 is 12.6 Å². The van der Waals surface area contributed by atoms with Crippen molar-refractivity contribution in [2.24, 2.45) is 5.41 Å². The highest BCUT2D eigenvalue weighted by Gasteiger charge is 2.22. The van der Waals surface area contributed by atoms with E-state index in [-0.39, 0.29) is 43.2 Å². The summed E-state index contributed by atoms with van der Waals surface area (Å²) in [5, 5.41) is 2.53. The Hall–Kier alpha value is -1.78. The van der Waals surface area contributed by atoms with Gasteiger partial charge in [-0.3, -0.25) is 8.98 Å². The van der Waals surface area contributed by atoms with Gasteiger partial charge in [0.1, 0.15) is 13.2 Å². The van der Waals surface area contributed by atoms with Gasteiger partial charge >= 0.3 is 12.1 Å². The van der Waals surface area contributed by atoms with Gasteiger partial charge in [0.25, 0.3) is 10.1 Å². The molecule has 1 unspecified atom stereocenters. The highest BCUT2D eigenvalue weighted by atomic mass is 32.2. The number of hydrogen-bond acceptors (Lipinski definition) is 8. The average Bonchev–Trinajstić information content (AvgIpc) is 2.67. The Bertz CT molecular complexity index is 746. The minimum absolute atomic E-state index is 0.00718. The lowest BCUT2D eigenvalue weighted by molar-refractivity contribution is -0.141. The van der Waals surface area contributed by atoms with Crippen LogP contribution in [0.2, 0.25) is 0 Å². The Balaban J connectivity index is 2.60. The van der Waals surface area contributed by atoms with Gasteiger partial charge in [0.05, 0.1) is 24.2 Å². The van der Waals surface area contributed by atoms with E-state index < -0.39 is 28.2 Å². The van der Waals surface area contributed by atoms with E-state index in [0.717, 1.165) is 5.56 Å². The molecule has 0 aliphatic rings. The number of ether oxygens (including phenoxy) is 2. The van der Waals surface area contributed by atoms with Crippen LogP contribution in [0.3, 0.4) is 0 Å². The standard InChI is InChI=1S/C19H29NO7S2/c1-19(2,3)14-27-29(23,24)10-9-16(12-25-17(21)13-28)20-18(22)26-11-15-7-5-4-6-8-15/h4-8,16,28H,9-14H2,1-3H3,(H,20,22). The number of carbonyl (C=O) groups excluding carboxylic acids is 2. The van der Waals surface area contributed by atoms with Crippen LogP contribution in [-0.4, -0.2) is 51.2 Å². The van der Waals surface area contributed by atoms with Gasteiger partial charge in [-0.15, -0.1) is 0 Å². The molecule has 8 nitrogen and oxygen atoms in total. The van der Waals surface area contributed by atoms with Crippen molar-refractivity contribution in [3.05, 3.63) is 35.9 Å². The van der Waals surface area contributed by atoms with Crippen molar-refractivity contribution in [1.29, 1.82) is 0 Å². The van der Waals surface area contributed by atoms with Crippen LogP contribution in [0.15, 0.2) is 30.3 Å². The highest BCUT2D eigenvalue weighted by Crippen LogP contribution is 2.15. The zero-order valence-corrected chi connectivity index (χ0v) is 18.6. The second-order valence-electron chi connectivity index (χ2n) is 7.62. The summed E-state index contributed by atoms with van der Waals surface area (Å²) in [6, 6.07) is 8.33. The number of nitrogens with one attached hydrogen (secondary N) is 1. The molecule has 0 heterocycles. The normalized spacial score (nSPS) is 12.8. The van der Waals surface area contributed by atoms with Crippen molar-refractivity contribution in [2.75, 3.05) is 24.7 Å². The number of alkyl carbamates (subject to hydrolysis) is 1. The van der Waals surface area contributed by atoms with Crippen LogP contribution in [0.25, 0.3) is 0 Å². The number of carbonyl (C=O) groups is 2. The molecule has 0 saturated carbocycles. The second-order valence-corrected chi connectivity index (χ2v) is 9.69. The smallest absolute Gasteiger partial charge is 0.407 e. The lowest BCUT2D eigenvalue weighted by Gasteiger charge is -2.20. The van der Waals surface area contributed by atoms with E-state index in [9.17, 15) is 18.0 Å². The number of hydrogen-bond donors (Lipinski definition) is 2. The molecule has 1 aromatic carbocycles. The van der Waals surface area contributed by atoms with Crippen molar-refractivity contribution in [2.45, 2.75) is 39.8 Å². The first-order valence-corrected chi connectivity index (χ1v) is 11.3. The van der Waals surface area contributed by atoms with E-state index in [4.69, 9.17) is 13.7 Å². The highest BCUT2D eigenvalue weighted by molar-refractivity contribution is 7.86. The predicted octanol–water partition coefficient (Wildman–Crippen LogP) is 2.54. The van der Waals surface area contributed by atoms with Gasteiger partial charge in [0.2, 0.25) is 0 Å². The monoisotopic (exact) mass is 447 g/mol. The van der Waals surface area contributed by atoms with E-state index in [1.807, 2.05) is 39.0 Å². The van der Waals surface area contributed by atoms with Crippen LogP contribution in [0.1, 0.15) is 32.8 Å². The molecule has 0 radical (unpaired) electrons. The van der Waals surface area contributed by atoms with Crippen LogP contribution in [0.4, 0.5) is 4.79 Å². The van der Waals surface area contributed by atoms with Crippen molar-refractivity contribution >= 4 is 34.8 Å². The Labute approximate surface area is 177 Å². The maximum atomic E-state index is 12.1. The third kappa shape index (κ3) is 12.4. The quantitative estimate of drug-likeness (QED) is 0.305. The van der Waals surface area contributed by atoms with Crippen molar-refractivity contribution in [1.82, 2.24) is 5.32 Å². The molecule has 0 fully saturated rings. The summed E-state index contributed by atoms with van der Waals surface area (Å²) in [6.07, 6.45) is -0.749. The fraction of sp³-hybridized carbons (Fsp3) is 0.579. The maximum absolute atomic E-state index is 12.1. The lowest BCUT2D eigenvalue weighted by atomic mass is 9.99. The molecule has 1 amide bonds. The summed E-state index contributed by atoms with van der Waals surface area (Å²) in [5.74, 6) is -1.05. The summed E-state index contributed by atoms with van der Waals surface area (Å²) in [7, 11) is -3.79. The van der Waals surface area contributed by atoms with Gasteiger partial charge in [-0.05, 0) is 17.4 Å². The van der Waals surface area contributed by atoms with Crippen LogP contribution in [0.5, 0.6) is 0 Å². The van der Waals surface area contributed by atoms with E-state index in [1.165, 1.54) is 0 Å². The first kappa shape index (κ1) is 25.3. The Morgan fingerprint density at radius 2 is 1.79 bits per heavy atom. The molecule has 29 heavy (non-hydrogen) atoms. The largest absolute Gasteiger partial charge is 0.463 e. The summed E-state index contributed by atoms with van der Waals surface area (Å²) in [6.45, 7) is 5.46. The predicted molar refractivity (Wildman–Crippen MR) is 112 cm³/mol. The molecular formula is C19H29NO7S2. The summed E-state index contributed by atoms with van der Waals surface area (Å²) < 4.78 is 39.3. The lowest BCUT2D eigenvalue weighted by Crippen LogP contribution is -2.40. The van der Waals surface area contributed by atoms with E-state index in [2.05, 4.69) is 17.9 Å². The first-order valence-electron chi connectivity index (χ1n) is 9.11. The fourth-order valence-corrected chi connectivity index (χ4v) is 3.30. The zero-order valence-electron chi connectivity index (χ0n) is 16.9. The van der Waals surface area contributed by atoms with Crippen molar-refractivity contribution in [3.8, 4) is 0 Å². The molecular weight excluding hydrogens is 418 g/mol. The van der Waals surface area contributed by atoms with Gasteiger partial charge in [0.15, 0.2) is 0 Å². The third-order valence-electron chi connectivity index (χ3n) is 3.50. The number of amides is 1. The first-order chi connectivity index (χ1) is 13.5. The molecule has 1 aromatic rings. The van der Waals surface area contributed by atoms with Gasteiger partial charge in [-0.2, -0.15) is 21.0 Å². The van der Waals surface area contributed by atoms with E-state index in [1.54, 1.807) is 12.1 Å². The minimum atomic E-state index is -3.79. The molecule has 0 bridgehead atoms. The zero-order chi connectivity index (χ0) is 21.9. The topological polar surface area (TPSA) is 108 Å². The Morgan fingerprint density at radius 1 is 1.14 bits per heavy atom. The number of thiol groups is 1. The van der Waals surface area contributed by atoms with Crippen molar-refractivity contribution < 1.29 is 31.7 Å². The third-order valence-corrected chi connectivity index (χ3v) is 4.97.